The summed E-state index contributed by atoms with van der Waals surface area (Å²) < 4.78 is 24.4. The Labute approximate surface area is 223 Å². The summed E-state index contributed by atoms with van der Waals surface area (Å²) in [5, 5.41) is 14.0. The molecule has 1 aliphatic heterocycles. The molecule has 0 saturated heterocycles. The number of aromatic nitrogens is 7. The van der Waals surface area contributed by atoms with Crippen molar-refractivity contribution in [2.75, 3.05) is 26.1 Å². The van der Waals surface area contributed by atoms with E-state index in [9.17, 15) is 0 Å². The molecule has 4 heterocycles. The van der Waals surface area contributed by atoms with Crippen LogP contribution < -0.4 is 14.2 Å². The lowest BCUT2D eigenvalue weighted by atomic mass is 10.1. The van der Waals surface area contributed by atoms with E-state index >= 15 is 0 Å². The third-order valence-corrected chi connectivity index (χ3v) is 7.29. The number of rotatable bonds is 10. The number of hydrogen-bond donors (Lipinski definition) is 1. The standard InChI is InChI=1S/C24H27ClN8O3S/c1-14(21(36-4)22-26-11-15(25)12-27-22)37-31-24-30-29-23(16-13-28-32-10-6-7-17(16)32)33(24)20-18(34-2)8-5-9-19(20)35-3/h5,8-9,11-14,21H,6-7,10H2,1-4H3,(H,30,31). The number of ether oxygens (including phenoxy) is 3. The van der Waals surface area contributed by atoms with E-state index < -0.39 is 0 Å². The third-order valence-electron chi connectivity index (χ3n) is 6.17. The SMILES string of the molecule is COc1cccc(OC)c1-n1c(NSC(C)C(OC)c2ncc(Cl)cn2)nnc1-c1cnn2c1CCC2. The molecule has 1 aliphatic rings. The van der Waals surface area contributed by atoms with Gasteiger partial charge in [0.2, 0.25) is 5.95 Å². The molecule has 0 fully saturated rings. The van der Waals surface area contributed by atoms with E-state index in [2.05, 4.69) is 30.0 Å². The highest BCUT2D eigenvalue weighted by molar-refractivity contribution is 8.01. The molecule has 2 atom stereocenters. The average Bonchev–Trinajstić information content (AvgIpc) is 3.64. The summed E-state index contributed by atoms with van der Waals surface area (Å²) in [6.07, 6.45) is 6.55. The second-order valence-electron chi connectivity index (χ2n) is 8.37. The van der Waals surface area contributed by atoms with Crippen molar-refractivity contribution in [2.24, 2.45) is 0 Å². The molecule has 11 nitrogen and oxygen atoms in total. The minimum atomic E-state index is -0.384. The van der Waals surface area contributed by atoms with Gasteiger partial charge in [0.1, 0.15) is 23.3 Å². The zero-order chi connectivity index (χ0) is 25.9. The van der Waals surface area contributed by atoms with Crippen LogP contribution in [0.3, 0.4) is 0 Å². The van der Waals surface area contributed by atoms with Gasteiger partial charge in [-0.3, -0.25) is 14.0 Å². The van der Waals surface area contributed by atoms with E-state index in [0.717, 1.165) is 30.6 Å². The van der Waals surface area contributed by atoms with Crippen molar-refractivity contribution < 1.29 is 14.2 Å². The summed E-state index contributed by atoms with van der Waals surface area (Å²) in [4.78, 5) is 8.64. The predicted octanol–water partition coefficient (Wildman–Crippen LogP) is 4.37. The average molecular weight is 543 g/mol. The fraction of sp³-hybridized carbons (Fsp3) is 0.375. The van der Waals surface area contributed by atoms with E-state index in [1.54, 1.807) is 33.7 Å². The summed E-state index contributed by atoms with van der Waals surface area (Å²) in [6, 6.07) is 5.63. The highest BCUT2D eigenvalue weighted by atomic mass is 35.5. The van der Waals surface area contributed by atoms with Crippen molar-refractivity contribution >= 4 is 29.5 Å². The molecule has 2 unspecified atom stereocenters. The molecule has 13 heteroatoms. The molecule has 5 rings (SSSR count). The van der Waals surface area contributed by atoms with Crippen LogP contribution in [0.5, 0.6) is 11.5 Å². The number of anilines is 1. The number of methoxy groups -OCH3 is 3. The molecule has 1 aromatic carbocycles. The van der Waals surface area contributed by atoms with E-state index in [0.29, 0.717) is 39.8 Å². The Hall–Kier alpha value is -3.35. The maximum atomic E-state index is 5.96. The van der Waals surface area contributed by atoms with Gasteiger partial charge >= 0.3 is 0 Å². The Morgan fingerprint density at radius 2 is 1.78 bits per heavy atom. The van der Waals surface area contributed by atoms with Crippen LogP contribution in [0.1, 0.15) is 31.0 Å². The molecule has 1 N–H and O–H groups in total. The molecule has 0 saturated carbocycles. The Balaban J connectivity index is 1.53. The first-order valence-corrected chi connectivity index (χ1v) is 12.9. The quantitative estimate of drug-likeness (QED) is 0.290. The normalized spacial score (nSPS) is 14.3. The van der Waals surface area contributed by atoms with Gasteiger partial charge in [0.05, 0.1) is 36.3 Å². The van der Waals surface area contributed by atoms with Crippen molar-refractivity contribution in [3.05, 3.63) is 53.3 Å². The highest BCUT2D eigenvalue weighted by Gasteiger charge is 2.28. The molecular weight excluding hydrogens is 516 g/mol. The summed E-state index contributed by atoms with van der Waals surface area (Å²) in [7, 11) is 4.87. The second-order valence-corrected chi connectivity index (χ2v) is 9.99. The van der Waals surface area contributed by atoms with Crippen LogP contribution in [0.25, 0.3) is 17.1 Å². The van der Waals surface area contributed by atoms with Gasteiger partial charge in [-0.1, -0.05) is 17.7 Å². The maximum absolute atomic E-state index is 5.96. The van der Waals surface area contributed by atoms with Crippen molar-refractivity contribution in [3.8, 4) is 28.6 Å². The molecule has 0 radical (unpaired) electrons. The highest BCUT2D eigenvalue weighted by Crippen LogP contribution is 2.40. The lowest BCUT2D eigenvalue weighted by molar-refractivity contribution is 0.0972. The summed E-state index contributed by atoms with van der Waals surface area (Å²) in [5.41, 5.74) is 2.74. The van der Waals surface area contributed by atoms with Crippen molar-refractivity contribution in [1.29, 1.82) is 0 Å². The van der Waals surface area contributed by atoms with Gasteiger partial charge in [0, 0.05) is 31.7 Å². The lowest BCUT2D eigenvalue weighted by Crippen LogP contribution is -2.19. The van der Waals surface area contributed by atoms with Crippen LogP contribution in [0, 0.1) is 0 Å². The smallest absolute Gasteiger partial charge is 0.239 e. The van der Waals surface area contributed by atoms with Crippen LogP contribution >= 0.6 is 23.5 Å². The lowest BCUT2D eigenvalue weighted by Gasteiger charge is -2.22. The minimum absolute atomic E-state index is 0.0975. The Morgan fingerprint density at radius 3 is 2.46 bits per heavy atom. The largest absolute Gasteiger partial charge is 0.494 e. The number of halogens is 1. The molecule has 0 bridgehead atoms. The topological polar surface area (TPSA) is 114 Å². The molecule has 3 aromatic heterocycles. The fourth-order valence-corrected chi connectivity index (χ4v) is 5.30. The number of benzene rings is 1. The van der Waals surface area contributed by atoms with Gasteiger partial charge < -0.3 is 14.2 Å². The molecule has 0 aliphatic carbocycles. The molecule has 37 heavy (non-hydrogen) atoms. The van der Waals surface area contributed by atoms with Crippen LogP contribution in [-0.2, 0) is 17.7 Å². The molecule has 0 spiro atoms. The number of nitrogens with one attached hydrogen (secondary N) is 1. The van der Waals surface area contributed by atoms with Crippen LogP contribution in [0.4, 0.5) is 5.95 Å². The third kappa shape index (κ3) is 4.83. The minimum Gasteiger partial charge on any atom is -0.494 e. The number of fused-ring (bicyclic) bond motifs is 1. The van der Waals surface area contributed by atoms with Crippen LogP contribution in [0.2, 0.25) is 5.02 Å². The molecular formula is C24H27ClN8O3S. The van der Waals surface area contributed by atoms with E-state index in [4.69, 9.17) is 25.8 Å². The van der Waals surface area contributed by atoms with Crippen LogP contribution in [0.15, 0.2) is 36.8 Å². The second kappa shape index (κ2) is 11.0. The fourth-order valence-electron chi connectivity index (χ4n) is 4.42. The van der Waals surface area contributed by atoms with Crippen molar-refractivity contribution in [1.82, 2.24) is 34.5 Å². The van der Waals surface area contributed by atoms with Crippen LogP contribution in [-0.4, -0.2) is 61.1 Å². The van der Waals surface area contributed by atoms with Gasteiger partial charge in [-0.2, -0.15) is 5.10 Å². The van der Waals surface area contributed by atoms with Gasteiger partial charge in [-0.25, -0.2) is 9.97 Å². The van der Waals surface area contributed by atoms with Gasteiger partial charge in [0.25, 0.3) is 0 Å². The first-order valence-electron chi connectivity index (χ1n) is 11.7. The predicted molar refractivity (Wildman–Crippen MR) is 141 cm³/mol. The molecule has 4 aromatic rings. The molecule has 0 amide bonds. The van der Waals surface area contributed by atoms with Gasteiger partial charge in [-0.05, 0) is 43.8 Å². The summed E-state index contributed by atoms with van der Waals surface area (Å²) in [6.45, 7) is 2.91. The summed E-state index contributed by atoms with van der Waals surface area (Å²) in [5.74, 6) is 2.92. The zero-order valence-corrected chi connectivity index (χ0v) is 22.5. The first-order chi connectivity index (χ1) is 18.0. The number of para-hydroxylation sites is 1. The number of hydrogen-bond acceptors (Lipinski definition) is 10. The van der Waals surface area contributed by atoms with Gasteiger partial charge in [-0.15, -0.1) is 10.2 Å². The van der Waals surface area contributed by atoms with Crippen molar-refractivity contribution in [2.45, 2.75) is 37.7 Å². The van der Waals surface area contributed by atoms with E-state index in [1.807, 2.05) is 40.6 Å². The maximum Gasteiger partial charge on any atom is 0.239 e. The van der Waals surface area contributed by atoms with Crippen molar-refractivity contribution in [3.63, 3.8) is 0 Å². The monoisotopic (exact) mass is 542 g/mol. The Bertz CT molecular complexity index is 1350. The Kier molecular flexibility index (Phi) is 7.49. The molecule has 194 valence electrons. The number of nitrogens with zero attached hydrogens (tertiary/aromatic N) is 7. The Morgan fingerprint density at radius 1 is 1.05 bits per heavy atom. The first kappa shape index (κ1) is 25.3. The van der Waals surface area contributed by atoms with Gasteiger partial charge in [0.15, 0.2) is 11.6 Å². The number of aryl methyl sites for hydroxylation is 1. The van der Waals surface area contributed by atoms with E-state index in [1.165, 1.54) is 11.9 Å². The summed E-state index contributed by atoms with van der Waals surface area (Å²) >= 11 is 7.38. The van der Waals surface area contributed by atoms with E-state index in [-0.39, 0.29) is 11.4 Å². The zero-order valence-electron chi connectivity index (χ0n) is 20.9.